The molecule has 110 valence electrons. The summed E-state index contributed by atoms with van der Waals surface area (Å²) in [6.45, 7) is 3.97. The maximum atomic E-state index is 12.1. The Kier molecular flexibility index (Phi) is 5.04. The highest BCUT2D eigenvalue weighted by atomic mass is 35.5. The molecule has 0 saturated heterocycles. The number of esters is 1. The molecule has 1 aromatic heterocycles. The summed E-state index contributed by atoms with van der Waals surface area (Å²) in [6.07, 6.45) is 0. The van der Waals surface area contributed by atoms with Crippen molar-refractivity contribution in [2.75, 3.05) is 5.32 Å². The Hall–Kier alpha value is -1.78. The van der Waals surface area contributed by atoms with Crippen molar-refractivity contribution in [1.82, 2.24) is 4.98 Å². The number of rotatable bonds is 4. The van der Waals surface area contributed by atoms with E-state index in [0.29, 0.717) is 15.9 Å². The zero-order valence-electron chi connectivity index (χ0n) is 11.6. The summed E-state index contributed by atoms with van der Waals surface area (Å²) in [5, 5.41) is 3.91. The van der Waals surface area contributed by atoms with Crippen LogP contribution in [0.5, 0.6) is 5.75 Å². The Labute approximate surface area is 133 Å². The molecule has 0 unspecified atom stereocenters. The molecule has 1 aromatic carbocycles. The predicted octanol–water partition coefficient (Wildman–Crippen LogP) is 4.43. The van der Waals surface area contributed by atoms with Gasteiger partial charge in [-0.25, -0.2) is 9.78 Å². The molecule has 0 fully saturated rings. The van der Waals surface area contributed by atoms with Gasteiger partial charge in [-0.2, -0.15) is 0 Å². The van der Waals surface area contributed by atoms with Gasteiger partial charge in [-0.15, -0.1) is 0 Å². The maximum Gasteiger partial charge on any atom is 0.362 e. The molecule has 0 amide bonds. The molecule has 0 aliphatic heterocycles. The Morgan fingerprint density at radius 2 is 1.86 bits per heavy atom. The molecule has 0 aliphatic rings. The lowest BCUT2D eigenvalue weighted by atomic mass is 10.3. The summed E-state index contributed by atoms with van der Waals surface area (Å²) in [5.74, 6) is 0.325. The van der Waals surface area contributed by atoms with Crippen molar-refractivity contribution in [3.63, 3.8) is 0 Å². The van der Waals surface area contributed by atoms with Gasteiger partial charge in [-0.3, -0.25) is 0 Å². The molecule has 2 aromatic rings. The van der Waals surface area contributed by atoms with Crippen molar-refractivity contribution in [2.45, 2.75) is 19.9 Å². The number of benzene rings is 1. The van der Waals surface area contributed by atoms with Crippen molar-refractivity contribution in [2.24, 2.45) is 0 Å². The standard InChI is InChI=1S/C15H14Cl2N2O2/c1-9(2)18-14-5-3-4-13(19-14)15(20)21-12-7-10(16)6-11(17)8-12/h3-9H,1-2H3,(H,18,19). The van der Waals surface area contributed by atoms with Gasteiger partial charge in [0.2, 0.25) is 0 Å². The van der Waals surface area contributed by atoms with Gasteiger partial charge >= 0.3 is 5.97 Å². The largest absolute Gasteiger partial charge is 0.422 e. The van der Waals surface area contributed by atoms with Crippen LogP contribution in [0, 0.1) is 0 Å². The lowest BCUT2D eigenvalue weighted by Crippen LogP contribution is -2.15. The highest BCUT2D eigenvalue weighted by molar-refractivity contribution is 6.34. The van der Waals surface area contributed by atoms with Crippen LogP contribution in [0.4, 0.5) is 5.82 Å². The number of nitrogens with zero attached hydrogens (tertiary/aromatic N) is 1. The molecule has 0 bridgehead atoms. The van der Waals surface area contributed by atoms with Crippen molar-refractivity contribution < 1.29 is 9.53 Å². The van der Waals surface area contributed by atoms with E-state index < -0.39 is 5.97 Å². The van der Waals surface area contributed by atoms with Crippen LogP contribution < -0.4 is 10.1 Å². The quantitative estimate of drug-likeness (QED) is 0.667. The summed E-state index contributed by atoms with van der Waals surface area (Å²) in [4.78, 5) is 16.3. The van der Waals surface area contributed by atoms with E-state index in [1.807, 2.05) is 13.8 Å². The SMILES string of the molecule is CC(C)Nc1cccc(C(=O)Oc2cc(Cl)cc(Cl)c2)n1. The van der Waals surface area contributed by atoms with E-state index in [-0.39, 0.29) is 17.5 Å². The summed E-state index contributed by atoms with van der Waals surface area (Å²) < 4.78 is 5.22. The smallest absolute Gasteiger partial charge is 0.362 e. The zero-order valence-corrected chi connectivity index (χ0v) is 13.1. The molecule has 1 heterocycles. The second-order valence-corrected chi connectivity index (χ2v) is 5.57. The van der Waals surface area contributed by atoms with Gasteiger partial charge in [0, 0.05) is 16.1 Å². The molecule has 6 heteroatoms. The van der Waals surface area contributed by atoms with E-state index in [1.54, 1.807) is 24.3 Å². The van der Waals surface area contributed by atoms with Crippen molar-refractivity contribution in [1.29, 1.82) is 0 Å². The number of hydrogen-bond donors (Lipinski definition) is 1. The average Bonchev–Trinajstić information content (AvgIpc) is 2.36. The van der Waals surface area contributed by atoms with Gasteiger partial charge in [-0.1, -0.05) is 29.3 Å². The van der Waals surface area contributed by atoms with Crippen molar-refractivity contribution in [3.8, 4) is 5.75 Å². The molecular formula is C15H14Cl2N2O2. The molecule has 0 atom stereocenters. The van der Waals surface area contributed by atoms with Gasteiger partial charge < -0.3 is 10.1 Å². The fourth-order valence-corrected chi connectivity index (χ4v) is 2.18. The van der Waals surface area contributed by atoms with E-state index in [1.165, 1.54) is 12.1 Å². The minimum Gasteiger partial charge on any atom is -0.422 e. The molecule has 0 spiro atoms. The number of hydrogen-bond acceptors (Lipinski definition) is 4. The van der Waals surface area contributed by atoms with Crippen LogP contribution >= 0.6 is 23.2 Å². The Morgan fingerprint density at radius 3 is 2.48 bits per heavy atom. The third-order valence-electron chi connectivity index (χ3n) is 2.44. The Morgan fingerprint density at radius 1 is 1.19 bits per heavy atom. The molecule has 2 rings (SSSR count). The first-order valence-corrected chi connectivity index (χ1v) is 7.11. The van der Waals surface area contributed by atoms with Crippen molar-refractivity contribution >= 4 is 35.0 Å². The number of carbonyl (C=O) groups is 1. The number of pyridine rings is 1. The maximum absolute atomic E-state index is 12.1. The van der Waals surface area contributed by atoms with Crippen LogP contribution in [-0.2, 0) is 0 Å². The lowest BCUT2D eigenvalue weighted by Gasteiger charge is -2.10. The summed E-state index contributed by atoms with van der Waals surface area (Å²) in [5.41, 5.74) is 0.205. The number of aromatic nitrogens is 1. The van der Waals surface area contributed by atoms with E-state index in [9.17, 15) is 4.79 Å². The lowest BCUT2D eigenvalue weighted by molar-refractivity contribution is 0.0729. The molecule has 0 radical (unpaired) electrons. The third-order valence-corrected chi connectivity index (χ3v) is 2.88. The number of ether oxygens (including phenoxy) is 1. The van der Waals surface area contributed by atoms with Gasteiger partial charge in [0.1, 0.15) is 11.6 Å². The third kappa shape index (κ3) is 4.62. The van der Waals surface area contributed by atoms with Crippen LogP contribution in [0.25, 0.3) is 0 Å². The number of anilines is 1. The van der Waals surface area contributed by atoms with E-state index in [0.717, 1.165) is 0 Å². The van der Waals surface area contributed by atoms with E-state index in [2.05, 4.69) is 10.3 Å². The first kappa shape index (κ1) is 15.6. The van der Waals surface area contributed by atoms with Crippen LogP contribution in [0.2, 0.25) is 10.0 Å². The summed E-state index contributed by atoms with van der Waals surface area (Å²) in [7, 11) is 0. The van der Waals surface area contributed by atoms with Gasteiger partial charge in [0.15, 0.2) is 5.69 Å². The van der Waals surface area contributed by atoms with E-state index in [4.69, 9.17) is 27.9 Å². The highest BCUT2D eigenvalue weighted by Crippen LogP contribution is 2.24. The van der Waals surface area contributed by atoms with E-state index >= 15 is 0 Å². The first-order chi connectivity index (χ1) is 9.94. The molecule has 4 nitrogen and oxygen atoms in total. The number of carbonyl (C=O) groups excluding carboxylic acids is 1. The highest BCUT2D eigenvalue weighted by Gasteiger charge is 2.12. The zero-order chi connectivity index (χ0) is 15.4. The summed E-state index contributed by atoms with van der Waals surface area (Å²) >= 11 is 11.7. The van der Waals surface area contributed by atoms with Crippen LogP contribution in [-0.4, -0.2) is 17.0 Å². The summed E-state index contributed by atoms with van der Waals surface area (Å²) in [6, 6.07) is 9.91. The second-order valence-electron chi connectivity index (χ2n) is 4.70. The Balaban J connectivity index is 2.16. The van der Waals surface area contributed by atoms with Gasteiger partial charge in [-0.05, 0) is 44.2 Å². The molecule has 1 N–H and O–H groups in total. The molecule has 0 saturated carbocycles. The molecular weight excluding hydrogens is 311 g/mol. The Bertz CT molecular complexity index is 640. The monoisotopic (exact) mass is 324 g/mol. The fraction of sp³-hybridized carbons (Fsp3) is 0.200. The van der Waals surface area contributed by atoms with Crippen LogP contribution in [0.15, 0.2) is 36.4 Å². The van der Waals surface area contributed by atoms with Crippen LogP contribution in [0.1, 0.15) is 24.3 Å². The fourth-order valence-electron chi connectivity index (χ4n) is 1.67. The topological polar surface area (TPSA) is 51.2 Å². The number of halogens is 2. The first-order valence-electron chi connectivity index (χ1n) is 6.36. The van der Waals surface area contributed by atoms with Gasteiger partial charge in [0.25, 0.3) is 0 Å². The molecule has 0 aliphatic carbocycles. The average molecular weight is 325 g/mol. The second kappa shape index (κ2) is 6.78. The predicted molar refractivity (Wildman–Crippen MR) is 84.4 cm³/mol. The van der Waals surface area contributed by atoms with Crippen LogP contribution in [0.3, 0.4) is 0 Å². The van der Waals surface area contributed by atoms with Gasteiger partial charge in [0.05, 0.1) is 0 Å². The van der Waals surface area contributed by atoms with Crippen molar-refractivity contribution in [3.05, 3.63) is 52.1 Å². The minimum atomic E-state index is -0.569. The minimum absolute atomic E-state index is 0.205. The number of nitrogens with one attached hydrogen (secondary N) is 1. The normalized spacial score (nSPS) is 10.5. The molecule has 21 heavy (non-hydrogen) atoms.